The molecule has 0 aliphatic heterocycles. The number of alkyl halides is 3. The Morgan fingerprint density at radius 1 is 1.19 bits per heavy atom. The predicted octanol–water partition coefficient (Wildman–Crippen LogP) is 4.44. The van der Waals surface area contributed by atoms with E-state index in [9.17, 15) is 22.7 Å². The SMILES string of the molecule is CC(O)c1cc(F)ccc1Sc1ccc(C(F)(F)F)cn1. The van der Waals surface area contributed by atoms with Gasteiger partial charge in [-0.05, 0) is 42.8 Å². The van der Waals surface area contributed by atoms with Crippen LogP contribution in [0.2, 0.25) is 0 Å². The van der Waals surface area contributed by atoms with Gasteiger partial charge in [-0.3, -0.25) is 0 Å². The lowest BCUT2D eigenvalue weighted by molar-refractivity contribution is -0.137. The van der Waals surface area contributed by atoms with Crippen molar-refractivity contribution in [3.63, 3.8) is 0 Å². The summed E-state index contributed by atoms with van der Waals surface area (Å²) in [5, 5.41) is 9.94. The first-order chi connectivity index (χ1) is 9.77. The molecule has 0 saturated heterocycles. The molecule has 2 rings (SSSR count). The van der Waals surface area contributed by atoms with E-state index in [-0.39, 0.29) is 0 Å². The third kappa shape index (κ3) is 3.95. The van der Waals surface area contributed by atoms with Crippen LogP contribution in [0.5, 0.6) is 0 Å². The maximum absolute atomic E-state index is 13.2. The van der Waals surface area contributed by atoms with Gasteiger partial charge >= 0.3 is 6.18 Å². The van der Waals surface area contributed by atoms with Crippen LogP contribution in [0.1, 0.15) is 24.2 Å². The molecule has 1 N–H and O–H groups in total. The molecule has 2 aromatic rings. The minimum Gasteiger partial charge on any atom is -0.389 e. The number of pyridine rings is 1. The standard InChI is InChI=1S/C14H11F4NOS/c1-8(20)11-6-10(15)3-4-12(11)21-13-5-2-9(7-19-13)14(16,17)18/h2-8,20H,1H3. The molecule has 1 aromatic heterocycles. The summed E-state index contributed by atoms with van der Waals surface area (Å²) in [4.78, 5) is 4.27. The number of aliphatic hydroxyl groups is 1. The number of rotatable bonds is 3. The molecule has 1 heterocycles. The largest absolute Gasteiger partial charge is 0.417 e. The van der Waals surface area contributed by atoms with E-state index in [4.69, 9.17) is 0 Å². The number of halogens is 4. The van der Waals surface area contributed by atoms with Crippen molar-refractivity contribution in [3.05, 3.63) is 53.5 Å². The average Bonchev–Trinajstić information content (AvgIpc) is 2.40. The van der Waals surface area contributed by atoms with Crippen molar-refractivity contribution in [3.8, 4) is 0 Å². The third-order valence-corrected chi connectivity index (χ3v) is 3.74. The highest BCUT2D eigenvalue weighted by atomic mass is 32.2. The smallest absolute Gasteiger partial charge is 0.389 e. The first-order valence-corrected chi connectivity index (χ1v) is 6.77. The van der Waals surface area contributed by atoms with E-state index >= 15 is 0 Å². The van der Waals surface area contributed by atoms with Crippen LogP contribution >= 0.6 is 11.8 Å². The molecule has 0 spiro atoms. The lowest BCUT2D eigenvalue weighted by atomic mass is 10.1. The Kier molecular flexibility index (Phi) is 4.53. The topological polar surface area (TPSA) is 33.1 Å². The van der Waals surface area contributed by atoms with Gasteiger partial charge in [-0.25, -0.2) is 9.37 Å². The van der Waals surface area contributed by atoms with Crippen molar-refractivity contribution in [2.45, 2.75) is 29.1 Å². The molecule has 0 saturated carbocycles. The van der Waals surface area contributed by atoms with Crippen LogP contribution < -0.4 is 0 Å². The predicted molar refractivity (Wildman–Crippen MR) is 70.4 cm³/mol. The number of hydrogen-bond donors (Lipinski definition) is 1. The van der Waals surface area contributed by atoms with Crippen LogP contribution in [0, 0.1) is 5.82 Å². The molecule has 7 heteroatoms. The fourth-order valence-electron chi connectivity index (χ4n) is 1.66. The highest BCUT2D eigenvalue weighted by Gasteiger charge is 2.30. The number of hydrogen-bond acceptors (Lipinski definition) is 3. The van der Waals surface area contributed by atoms with Gasteiger partial charge in [0.15, 0.2) is 0 Å². The quantitative estimate of drug-likeness (QED) is 0.849. The first kappa shape index (κ1) is 15.8. The number of aliphatic hydroxyl groups excluding tert-OH is 1. The van der Waals surface area contributed by atoms with Crippen LogP contribution in [0.15, 0.2) is 46.5 Å². The summed E-state index contributed by atoms with van der Waals surface area (Å²) < 4.78 is 50.5. The molecule has 0 bridgehead atoms. The van der Waals surface area contributed by atoms with E-state index in [0.717, 1.165) is 24.0 Å². The number of nitrogens with zero attached hydrogens (tertiary/aromatic N) is 1. The van der Waals surface area contributed by atoms with Gasteiger partial charge in [0, 0.05) is 11.1 Å². The second-order valence-corrected chi connectivity index (χ2v) is 5.41. The Hall–Kier alpha value is -1.60. The molecule has 2 nitrogen and oxygen atoms in total. The van der Waals surface area contributed by atoms with Gasteiger partial charge in [-0.1, -0.05) is 11.8 Å². The Labute approximate surface area is 122 Å². The second-order valence-electron chi connectivity index (χ2n) is 4.34. The van der Waals surface area contributed by atoms with Gasteiger partial charge < -0.3 is 5.11 Å². The molecular formula is C14H11F4NOS. The Morgan fingerprint density at radius 3 is 2.43 bits per heavy atom. The molecule has 1 aromatic carbocycles. The van der Waals surface area contributed by atoms with Gasteiger partial charge in [0.05, 0.1) is 11.7 Å². The van der Waals surface area contributed by atoms with Crippen molar-refractivity contribution in [2.75, 3.05) is 0 Å². The molecule has 0 fully saturated rings. The summed E-state index contributed by atoms with van der Waals surface area (Å²) >= 11 is 1.07. The zero-order chi connectivity index (χ0) is 15.6. The van der Waals surface area contributed by atoms with Crippen LogP contribution in [0.25, 0.3) is 0 Å². The number of aromatic nitrogens is 1. The van der Waals surface area contributed by atoms with Crippen molar-refractivity contribution in [1.82, 2.24) is 4.98 Å². The number of benzene rings is 1. The Morgan fingerprint density at radius 2 is 1.90 bits per heavy atom. The zero-order valence-corrected chi connectivity index (χ0v) is 11.7. The van der Waals surface area contributed by atoms with Crippen molar-refractivity contribution in [1.29, 1.82) is 0 Å². The summed E-state index contributed by atoms with van der Waals surface area (Å²) in [6, 6.07) is 6.04. The molecule has 0 amide bonds. The summed E-state index contributed by atoms with van der Waals surface area (Å²) in [7, 11) is 0. The van der Waals surface area contributed by atoms with Gasteiger partial charge in [0.1, 0.15) is 10.8 Å². The summed E-state index contributed by atoms with van der Waals surface area (Å²) in [5.41, 5.74) is -0.469. The summed E-state index contributed by atoms with van der Waals surface area (Å²) in [6.07, 6.45) is -4.58. The molecule has 112 valence electrons. The van der Waals surface area contributed by atoms with E-state index in [0.29, 0.717) is 15.5 Å². The van der Waals surface area contributed by atoms with Crippen LogP contribution in [-0.2, 0) is 6.18 Å². The first-order valence-electron chi connectivity index (χ1n) is 5.96. The molecule has 21 heavy (non-hydrogen) atoms. The van der Waals surface area contributed by atoms with E-state index in [1.54, 1.807) is 0 Å². The maximum atomic E-state index is 13.2. The Balaban J connectivity index is 2.26. The lowest BCUT2D eigenvalue weighted by Crippen LogP contribution is -2.05. The maximum Gasteiger partial charge on any atom is 0.417 e. The summed E-state index contributed by atoms with van der Waals surface area (Å²) in [6.45, 7) is 1.49. The highest BCUT2D eigenvalue weighted by Crippen LogP contribution is 2.34. The summed E-state index contributed by atoms with van der Waals surface area (Å²) in [5.74, 6) is -0.490. The van der Waals surface area contributed by atoms with Gasteiger partial charge in [0.25, 0.3) is 0 Å². The van der Waals surface area contributed by atoms with Crippen LogP contribution in [0.4, 0.5) is 17.6 Å². The average molecular weight is 317 g/mol. The van der Waals surface area contributed by atoms with Crippen LogP contribution in [0.3, 0.4) is 0 Å². The molecule has 1 unspecified atom stereocenters. The normalized spacial score (nSPS) is 13.2. The second kappa shape index (κ2) is 6.03. The van der Waals surface area contributed by atoms with E-state index in [1.165, 1.54) is 31.2 Å². The fourth-order valence-corrected chi connectivity index (χ4v) is 2.61. The molecular weight excluding hydrogens is 306 g/mol. The molecule has 0 radical (unpaired) electrons. The van der Waals surface area contributed by atoms with Crippen LogP contribution in [-0.4, -0.2) is 10.1 Å². The van der Waals surface area contributed by atoms with E-state index in [1.807, 2.05) is 0 Å². The van der Waals surface area contributed by atoms with Crippen molar-refractivity contribution < 1.29 is 22.7 Å². The molecule has 1 atom stereocenters. The molecule has 0 aliphatic carbocycles. The monoisotopic (exact) mass is 317 g/mol. The minimum atomic E-state index is -4.43. The van der Waals surface area contributed by atoms with Gasteiger partial charge in [-0.2, -0.15) is 13.2 Å². The fraction of sp³-hybridized carbons (Fsp3) is 0.214. The minimum absolute atomic E-state index is 0.330. The Bertz CT molecular complexity index is 626. The van der Waals surface area contributed by atoms with E-state index in [2.05, 4.69) is 4.98 Å². The van der Waals surface area contributed by atoms with Crippen molar-refractivity contribution >= 4 is 11.8 Å². The van der Waals surface area contributed by atoms with Crippen molar-refractivity contribution in [2.24, 2.45) is 0 Å². The molecule has 0 aliphatic rings. The van der Waals surface area contributed by atoms with E-state index < -0.39 is 23.7 Å². The zero-order valence-electron chi connectivity index (χ0n) is 10.9. The van der Waals surface area contributed by atoms with Gasteiger partial charge in [-0.15, -0.1) is 0 Å². The third-order valence-electron chi connectivity index (χ3n) is 2.70. The lowest BCUT2D eigenvalue weighted by Gasteiger charge is -2.12. The van der Waals surface area contributed by atoms with Gasteiger partial charge in [0.2, 0.25) is 0 Å². The highest BCUT2D eigenvalue weighted by molar-refractivity contribution is 7.99.